The molecule has 1 aliphatic rings. The maximum atomic E-state index is 5.28. The van der Waals surface area contributed by atoms with Gasteiger partial charge in [0.25, 0.3) is 0 Å². The van der Waals surface area contributed by atoms with Gasteiger partial charge in [-0.25, -0.2) is 0 Å². The van der Waals surface area contributed by atoms with Crippen LogP contribution in [0.3, 0.4) is 0 Å². The van der Waals surface area contributed by atoms with E-state index in [2.05, 4.69) is 27.5 Å². The Morgan fingerprint density at radius 2 is 2.48 bits per heavy atom. The van der Waals surface area contributed by atoms with Gasteiger partial charge in [0.1, 0.15) is 5.76 Å². The summed E-state index contributed by atoms with van der Waals surface area (Å²) in [6, 6.07) is 3.84. The highest BCUT2D eigenvalue weighted by Crippen LogP contribution is 2.29. The van der Waals surface area contributed by atoms with Crippen molar-refractivity contribution in [2.75, 3.05) is 31.2 Å². The van der Waals surface area contributed by atoms with E-state index in [0.29, 0.717) is 6.54 Å². The normalized spacial score (nSPS) is 19.8. The van der Waals surface area contributed by atoms with Gasteiger partial charge in [-0.05, 0) is 44.5 Å². The highest BCUT2D eigenvalue weighted by molar-refractivity contribution is 8.01. The van der Waals surface area contributed by atoms with E-state index in [1.54, 1.807) is 17.6 Å². The quantitative estimate of drug-likeness (QED) is 0.824. The third kappa shape index (κ3) is 4.46. The summed E-state index contributed by atoms with van der Waals surface area (Å²) in [4.78, 5) is 2.42. The van der Waals surface area contributed by atoms with Crippen molar-refractivity contribution in [2.45, 2.75) is 23.7 Å². The molecule has 0 bridgehead atoms. The number of likely N-dealkylation sites (tertiary alicyclic amines) is 1. The molecular formula is C14H20N4OS2. The Hall–Kier alpha value is -1.05. The first kappa shape index (κ1) is 14.9. The lowest BCUT2D eigenvalue weighted by molar-refractivity contribution is 0.224. The third-order valence-electron chi connectivity index (χ3n) is 3.56. The fourth-order valence-electron chi connectivity index (χ4n) is 2.51. The minimum absolute atomic E-state index is 0.652. The fourth-order valence-corrected chi connectivity index (χ4v) is 4.41. The van der Waals surface area contributed by atoms with E-state index in [1.165, 1.54) is 25.9 Å². The first-order valence-electron chi connectivity index (χ1n) is 7.20. The molecule has 0 saturated carbocycles. The van der Waals surface area contributed by atoms with Gasteiger partial charge in [-0.3, -0.25) is 0 Å². The number of thioether (sulfide) groups is 1. The molecule has 5 nitrogen and oxygen atoms in total. The highest BCUT2D eigenvalue weighted by atomic mass is 32.2. The first-order chi connectivity index (χ1) is 10.3. The van der Waals surface area contributed by atoms with E-state index < -0.39 is 0 Å². The molecule has 0 aromatic carbocycles. The van der Waals surface area contributed by atoms with E-state index in [1.807, 2.05) is 23.9 Å². The standard InChI is InChI=1S/C14H20N4OS2/c1-18-6-2-4-11(9-18)10-20-14-17-16-13(21-14)15-8-12-5-3-7-19-12/h3,5,7,11H,2,4,6,8-10H2,1H3,(H,15,16). The molecule has 1 saturated heterocycles. The van der Waals surface area contributed by atoms with Crippen LogP contribution in [0.15, 0.2) is 27.2 Å². The summed E-state index contributed by atoms with van der Waals surface area (Å²) in [5.74, 6) is 2.82. The molecule has 114 valence electrons. The maximum absolute atomic E-state index is 5.28. The lowest BCUT2D eigenvalue weighted by Crippen LogP contribution is -2.33. The van der Waals surface area contributed by atoms with E-state index in [9.17, 15) is 0 Å². The summed E-state index contributed by atoms with van der Waals surface area (Å²) in [6.45, 7) is 3.09. The van der Waals surface area contributed by atoms with Crippen LogP contribution in [-0.2, 0) is 6.54 Å². The van der Waals surface area contributed by atoms with Gasteiger partial charge < -0.3 is 14.6 Å². The van der Waals surface area contributed by atoms with Gasteiger partial charge in [-0.2, -0.15) is 0 Å². The minimum atomic E-state index is 0.652. The van der Waals surface area contributed by atoms with Crippen molar-refractivity contribution in [3.63, 3.8) is 0 Å². The van der Waals surface area contributed by atoms with Crippen LogP contribution in [0.2, 0.25) is 0 Å². The van der Waals surface area contributed by atoms with Gasteiger partial charge in [-0.1, -0.05) is 23.1 Å². The molecule has 1 atom stereocenters. The number of aromatic nitrogens is 2. The van der Waals surface area contributed by atoms with Gasteiger partial charge in [0.05, 0.1) is 12.8 Å². The molecular weight excluding hydrogens is 304 g/mol. The molecule has 1 fully saturated rings. The number of hydrogen-bond acceptors (Lipinski definition) is 7. The fraction of sp³-hybridized carbons (Fsp3) is 0.571. The van der Waals surface area contributed by atoms with Crippen molar-refractivity contribution < 1.29 is 4.42 Å². The predicted octanol–water partition coefficient (Wildman–Crippen LogP) is 3.18. The van der Waals surface area contributed by atoms with E-state index in [-0.39, 0.29) is 0 Å². The van der Waals surface area contributed by atoms with E-state index in [4.69, 9.17) is 4.42 Å². The Morgan fingerprint density at radius 3 is 3.29 bits per heavy atom. The second-order valence-corrected chi connectivity index (χ2v) is 7.63. The summed E-state index contributed by atoms with van der Waals surface area (Å²) in [7, 11) is 2.21. The molecule has 0 radical (unpaired) electrons. The van der Waals surface area contributed by atoms with Crippen molar-refractivity contribution in [1.29, 1.82) is 0 Å². The summed E-state index contributed by atoms with van der Waals surface area (Å²) in [5.41, 5.74) is 0. The zero-order valence-electron chi connectivity index (χ0n) is 12.1. The van der Waals surface area contributed by atoms with E-state index >= 15 is 0 Å². The Labute approximate surface area is 133 Å². The van der Waals surface area contributed by atoms with Crippen LogP contribution >= 0.6 is 23.1 Å². The molecule has 3 rings (SSSR count). The predicted molar refractivity (Wildman–Crippen MR) is 86.9 cm³/mol. The summed E-state index contributed by atoms with van der Waals surface area (Å²) in [5, 5.41) is 12.5. The summed E-state index contributed by atoms with van der Waals surface area (Å²) < 4.78 is 6.33. The molecule has 1 N–H and O–H groups in total. The van der Waals surface area contributed by atoms with Crippen LogP contribution < -0.4 is 5.32 Å². The van der Waals surface area contributed by atoms with Crippen molar-refractivity contribution in [3.8, 4) is 0 Å². The Bertz CT molecular complexity index is 543. The van der Waals surface area contributed by atoms with Gasteiger partial charge in [0.15, 0.2) is 4.34 Å². The second-order valence-electron chi connectivity index (χ2n) is 5.39. The van der Waals surface area contributed by atoms with Gasteiger partial charge in [-0.15, -0.1) is 10.2 Å². The van der Waals surface area contributed by atoms with Crippen LogP contribution in [0.5, 0.6) is 0 Å². The second kappa shape index (κ2) is 7.29. The Balaban J connectivity index is 1.44. The van der Waals surface area contributed by atoms with Gasteiger partial charge in [0, 0.05) is 12.3 Å². The summed E-state index contributed by atoms with van der Waals surface area (Å²) >= 11 is 3.45. The topological polar surface area (TPSA) is 54.2 Å². The number of hydrogen-bond donors (Lipinski definition) is 1. The Morgan fingerprint density at radius 1 is 1.52 bits per heavy atom. The van der Waals surface area contributed by atoms with Crippen LogP contribution in [-0.4, -0.2) is 41.0 Å². The molecule has 0 amide bonds. The number of anilines is 1. The average Bonchev–Trinajstić information content (AvgIpc) is 3.15. The minimum Gasteiger partial charge on any atom is -0.467 e. The van der Waals surface area contributed by atoms with Crippen LogP contribution in [0.4, 0.5) is 5.13 Å². The molecule has 0 aliphatic carbocycles. The first-order valence-corrected chi connectivity index (χ1v) is 9.01. The van der Waals surface area contributed by atoms with Gasteiger partial charge in [0.2, 0.25) is 5.13 Å². The van der Waals surface area contributed by atoms with Crippen LogP contribution in [0, 0.1) is 5.92 Å². The van der Waals surface area contributed by atoms with Gasteiger partial charge >= 0.3 is 0 Å². The van der Waals surface area contributed by atoms with Crippen LogP contribution in [0.1, 0.15) is 18.6 Å². The lowest BCUT2D eigenvalue weighted by Gasteiger charge is -2.29. The lowest BCUT2D eigenvalue weighted by atomic mass is 10.0. The Kier molecular flexibility index (Phi) is 5.16. The third-order valence-corrected chi connectivity index (χ3v) is 5.81. The zero-order chi connectivity index (χ0) is 14.5. The molecule has 7 heteroatoms. The molecule has 0 spiro atoms. The van der Waals surface area contributed by atoms with Crippen LogP contribution in [0.25, 0.3) is 0 Å². The molecule has 1 aliphatic heterocycles. The van der Waals surface area contributed by atoms with Crippen molar-refractivity contribution in [1.82, 2.24) is 15.1 Å². The van der Waals surface area contributed by atoms with Crippen molar-refractivity contribution in [2.24, 2.45) is 5.92 Å². The smallest absolute Gasteiger partial charge is 0.206 e. The summed E-state index contributed by atoms with van der Waals surface area (Å²) in [6.07, 6.45) is 4.33. The number of furan rings is 1. The molecule has 21 heavy (non-hydrogen) atoms. The molecule has 3 heterocycles. The van der Waals surface area contributed by atoms with E-state index in [0.717, 1.165) is 26.9 Å². The maximum Gasteiger partial charge on any atom is 0.206 e. The van der Waals surface area contributed by atoms with Crippen molar-refractivity contribution >= 4 is 28.2 Å². The molecule has 1 unspecified atom stereocenters. The van der Waals surface area contributed by atoms with Crippen molar-refractivity contribution in [3.05, 3.63) is 24.2 Å². The SMILES string of the molecule is CN1CCCC(CSc2nnc(NCc3ccco3)s2)C1. The number of nitrogens with one attached hydrogen (secondary N) is 1. The molecule has 2 aromatic rings. The zero-order valence-corrected chi connectivity index (χ0v) is 13.8. The molecule has 2 aromatic heterocycles. The average molecular weight is 324 g/mol. The number of piperidine rings is 1. The highest BCUT2D eigenvalue weighted by Gasteiger charge is 2.18. The number of rotatable bonds is 6. The number of nitrogens with zero attached hydrogens (tertiary/aromatic N) is 3. The monoisotopic (exact) mass is 324 g/mol. The largest absolute Gasteiger partial charge is 0.467 e.